The SMILES string of the molecule is Cc1nc(N2CC[C@@H](N3CCCC3)C2)ccc1NSc1ccc(F)cc1. The van der Waals surface area contributed by atoms with Gasteiger partial charge >= 0.3 is 0 Å². The van der Waals surface area contributed by atoms with Gasteiger partial charge in [-0.1, -0.05) is 0 Å². The molecule has 4 rings (SSSR count). The second-order valence-corrected chi connectivity index (χ2v) is 7.97. The van der Waals surface area contributed by atoms with Crippen LogP contribution in [0.4, 0.5) is 15.9 Å². The number of hydrogen-bond donors (Lipinski definition) is 1. The largest absolute Gasteiger partial charge is 0.355 e. The van der Waals surface area contributed by atoms with Crippen LogP contribution in [0.3, 0.4) is 0 Å². The van der Waals surface area contributed by atoms with Crippen molar-refractivity contribution >= 4 is 23.5 Å². The lowest BCUT2D eigenvalue weighted by molar-refractivity contribution is 0.260. The van der Waals surface area contributed by atoms with Crippen molar-refractivity contribution in [3.8, 4) is 0 Å². The highest BCUT2D eigenvalue weighted by molar-refractivity contribution is 8.00. The van der Waals surface area contributed by atoms with Crippen molar-refractivity contribution in [1.29, 1.82) is 0 Å². The molecule has 0 radical (unpaired) electrons. The van der Waals surface area contributed by atoms with Crippen molar-refractivity contribution in [2.24, 2.45) is 0 Å². The van der Waals surface area contributed by atoms with E-state index in [-0.39, 0.29) is 5.82 Å². The van der Waals surface area contributed by atoms with Gasteiger partial charge in [-0.3, -0.25) is 4.90 Å². The average Bonchev–Trinajstić information content (AvgIpc) is 3.33. The first-order valence-electron chi connectivity index (χ1n) is 9.34. The number of halogens is 1. The summed E-state index contributed by atoms with van der Waals surface area (Å²) in [6, 6.07) is 11.4. The number of hydrogen-bond acceptors (Lipinski definition) is 5. The highest BCUT2D eigenvalue weighted by atomic mass is 32.2. The van der Waals surface area contributed by atoms with Gasteiger partial charge in [-0.25, -0.2) is 9.37 Å². The number of likely N-dealkylation sites (tertiary alicyclic amines) is 1. The maximum atomic E-state index is 13.0. The summed E-state index contributed by atoms with van der Waals surface area (Å²) >= 11 is 1.47. The van der Waals surface area contributed by atoms with Crippen LogP contribution in [-0.4, -0.2) is 42.1 Å². The van der Waals surface area contributed by atoms with Crippen molar-refractivity contribution in [1.82, 2.24) is 9.88 Å². The molecule has 0 unspecified atom stereocenters. The van der Waals surface area contributed by atoms with Crippen molar-refractivity contribution in [2.75, 3.05) is 35.8 Å². The smallest absolute Gasteiger partial charge is 0.129 e. The molecule has 4 nitrogen and oxygen atoms in total. The van der Waals surface area contributed by atoms with E-state index >= 15 is 0 Å². The summed E-state index contributed by atoms with van der Waals surface area (Å²) in [6.07, 6.45) is 3.93. The molecule has 0 saturated carbocycles. The number of anilines is 2. The normalized spacial score (nSPS) is 20.7. The van der Waals surface area contributed by atoms with Crippen LogP contribution in [-0.2, 0) is 0 Å². The molecule has 0 aliphatic carbocycles. The minimum absolute atomic E-state index is 0.214. The summed E-state index contributed by atoms with van der Waals surface area (Å²) in [4.78, 5) is 10.8. The Labute approximate surface area is 158 Å². The minimum atomic E-state index is -0.214. The molecule has 0 bridgehead atoms. The number of benzene rings is 1. The predicted molar refractivity (Wildman–Crippen MR) is 106 cm³/mol. The predicted octanol–water partition coefficient (Wildman–Crippen LogP) is 4.32. The molecule has 2 fully saturated rings. The molecule has 1 atom stereocenters. The quantitative estimate of drug-likeness (QED) is 0.790. The summed E-state index contributed by atoms with van der Waals surface area (Å²) in [5, 5.41) is 0. The van der Waals surface area contributed by atoms with Crippen molar-refractivity contribution < 1.29 is 4.39 Å². The second-order valence-electron chi connectivity index (χ2n) is 7.09. The first kappa shape index (κ1) is 17.6. The molecule has 0 spiro atoms. The Kier molecular flexibility index (Phi) is 5.31. The summed E-state index contributed by atoms with van der Waals surface area (Å²) in [5.74, 6) is 0.857. The summed E-state index contributed by atoms with van der Waals surface area (Å²) in [7, 11) is 0. The molecule has 3 heterocycles. The van der Waals surface area contributed by atoms with Gasteiger partial charge in [-0.05, 0) is 87.6 Å². The van der Waals surface area contributed by atoms with Gasteiger partial charge in [-0.15, -0.1) is 0 Å². The van der Waals surface area contributed by atoms with Gasteiger partial charge < -0.3 is 9.62 Å². The molecule has 6 heteroatoms. The molecule has 2 saturated heterocycles. The molecular weight excluding hydrogens is 347 g/mol. The van der Waals surface area contributed by atoms with Gasteiger partial charge in [0, 0.05) is 24.0 Å². The highest BCUT2D eigenvalue weighted by Gasteiger charge is 2.29. The van der Waals surface area contributed by atoms with E-state index in [1.165, 1.54) is 56.4 Å². The Balaban J connectivity index is 1.37. The van der Waals surface area contributed by atoms with E-state index in [0.29, 0.717) is 6.04 Å². The number of aryl methyl sites for hydroxylation is 1. The zero-order chi connectivity index (χ0) is 17.9. The Hall–Kier alpha value is -1.79. The number of aromatic nitrogens is 1. The Bertz CT molecular complexity index is 746. The van der Waals surface area contributed by atoms with E-state index in [1.807, 2.05) is 6.92 Å². The third-order valence-corrected chi connectivity index (χ3v) is 6.14. The maximum absolute atomic E-state index is 13.0. The third kappa shape index (κ3) is 3.96. The molecule has 138 valence electrons. The molecule has 2 aliphatic rings. The summed E-state index contributed by atoms with van der Waals surface area (Å²) in [6.45, 7) is 6.72. The standard InChI is InChI=1S/C20H25FN4S/c1-15-19(23-26-18-6-4-16(21)5-7-18)8-9-20(22-15)25-13-10-17(14-25)24-11-2-3-12-24/h4-9,17,23H,2-3,10-14H2,1H3/t17-/m1/s1. The van der Waals surface area contributed by atoms with E-state index < -0.39 is 0 Å². The molecular formula is C20H25FN4S. The second kappa shape index (κ2) is 7.84. The number of nitrogens with zero attached hydrogens (tertiary/aromatic N) is 3. The topological polar surface area (TPSA) is 31.4 Å². The Morgan fingerprint density at radius 2 is 1.85 bits per heavy atom. The maximum Gasteiger partial charge on any atom is 0.129 e. The van der Waals surface area contributed by atoms with E-state index in [4.69, 9.17) is 4.98 Å². The van der Waals surface area contributed by atoms with Crippen molar-refractivity contribution in [2.45, 2.75) is 37.1 Å². The molecule has 2 aromatic rings. The van der Waals surface area contributed by atoms with Crippen molar-refractivity contribution in [3.63, 3.8) is 0 Å². The van der Waals surface area contributed by atoms with Gasteiger partial charge in [-0.2, -0.15) is 0 Å². The van der Waals surface area contributed by atoms with Crippen LogP contribution >= 0.6 is 11.9 Å². The van der Waals surface area contributed by atoms with Gasteiger partial charge in [0.15, 0.2) is 0 Å². The lowest BCUT2D eigenvalue weighted by atomic mass is 10.2. The van der Waals surface area contributed by atoms with Crippen LogP contribution in [0.15, 0.2) is 41.3 Å². The molecule has 0 amide bonds. The van der Waals surface area contributed by atoms with Crippen LogP contribution in [0.2, 0.25) is 0 Å². The van der Waals surface area contributed by atoms with E-state index in [2.05, 4.69) is 26.7 Å². The van der Waals surface area contributed by atoms with Crippen molar-refractivity contribution in [3.05, 3.63) is 47.9 Å². The van der Waals surface area contributed by atoms with E-state index in [0.717, 1.165) is 35.2 Å². The summed E-state index contributed by atoms with van der Waals surface area (Å²) in [5.41, 5.74) is 1.99. The monoisotopic (exact) mass is 372 g/mol. The molecule has 1 aromatic heterocycles. The lowest BCUT2D eigenvalue weighted by Crippen LogP contribution is -2.35. The molecule has 1 N–H and O–H groups in total. The van der Waals surface area contributed by atoms with E-state index in [1.54, 1.807) is 12.1 Å². The zero-order valence-electron chi connectivity index (χ0n) is 15.1. The number of pyridine rings is 1. The molecule has 1 aromatic carbocycles. The van der Waals surface area contributed by atoms with E-state index in [9.17, 15) is 4.39 Å². The number of rotatable bonds is 5. The van der Waals surface area contributed by atoms with Gasteiger partial charge in [0.25, 0.3) is 0 Å². The van der Waals surface area contributed by atoms with Crippen LogP contribution in [0.25, 0.3) is 0 Å². The number of nitrogens with one attached hydrogen (secondary N) is 1. The van der Waals surface area contributed by atoms with Gasteiger partial charge in [0.05, 0.1) is 11.4 Å². The van der Waals surface area contributed by atoms with Gasteiger partial charge in [0.2, 0.25) is 0 Å². The molecule has 2 aliphatic heterocycles. The fourth-order valence-electron chi connectivity index (χ4n) is 3.80. The fraction of sp³-hybridized carbons (Fsp3) is 0.450. The van der Waals surface area contributed by atoms with Gasteiger partial charge in [0.1, 0.15) is 11.6 Å². The van der Waals surface area contributed by atoms with Crippen LogP contribution < -0.4 is 9.62 Å². The fourth-order valence-corrected chi connectivity index (χ4v) is 4.52. The summed E-state index contributed by atoms with van der Waals surface area (Å²) < 4.78 is 16.3. The Morgan fingerprint density at radius 3 is 2.58 bits per heavy atom. The zero-order valence-corrected chi connectivity index (χ0v) is 15.9. The Morgan fingerprint density at radius 1 is 1.08 bits per heavy atom. The molecule has 26 heavy (non-hydrogen) atoms. The highest BCUT2D eigenvalue weighted by Crippen LogP contribution is 2.28. The first-order valence-corrected chi connectivity index (χ1v) is 10.2. The minimum Gasteiger partial charge on any atom is -0.355 e. The first-order chi connectivity index (χ1) is 12.7. The van der Waals surface area contributed by atoms with Crippen LogP contribution in [0, 0.1) is 12.7 Å². The average molecular weight is 373 g/mol. The van der Waals surface area contributed by atoms with Crippen LogP contribution in [0.1, 0.15) is 25.0 Å². The van der Waals surface area contributed by atoms with Crippen LogP contribution in [0.5, 0.6) is 0 Å². The third-order valence-electron chi connectivity index (χ3n) is 5.31. The lowest BCUT2D eigenvalue weighted by Gasteiger charge is -2.24.